The maximum atomic E-state index is 12.4. The topological polar surface area (TPSA) is 123 Å². The first-order chi connectivity index (χ1) is 14.4. The van der Waals surface area contributed by atoms with Gasteiger partial charge in [0.2, 0.25) is 0 Å². The molecule has 0 radical (unpaired) electrons. The van der Waals surface area contributed by atoms with E-state index in [0.717, 1.165) is 22.3 Å². The van der Waals surface area contributed by atoms with Gasteiger partial charge in [-0.2, -0.15) is 5.01 Å². The van der Waals surface area contributed by atoms with E-state index < -0.39 is 17.4 Å². The van der Waals surface area contributed by atoms with E-state index in [4.69, 9.17) is 15.3 Å². The van der Waals surface area contributed by atoms with Crippen molar-refractivity contribution in [3.63, 3.8) is 0 Å². The van der Waals surface area contributed by atoms with Gasteiger partial charge in [0.15, 0.2) is 5.78 Å². The molecule has 1 aliphatic heterocycles. The van der Waals surface area contributed by atoms with Crippen molar-refractivity contribution in [3.8, 4) is 5.75 Å². The fourth-order valence-electron chi connectivity index (χ4n) is 2.74. The molecule has 3 rings (SSSR count). The molecule has 0 aliphatic carbocycles. The van der Waals surface area contributed by atoms with Crippen molar-refractivity contribution >= 4 is 34.8 Å². The van der Waals surface area contributed by atoms with Crippen LogP contribution in [0, 0.1) is 0 Å². The van der Waals surface area contributed by atoms with Crippen molar-refractivity contribution < 1.29 is 23.9 Å². The molecule has 0 aromatic heterocycles. The second-order valence-electron chi connectivity index (χ2n) is 6.31. The second-order valence-corrected chi connectivity index (χ2v) is 7.44. The number of urea groups is 1. The van der Waals surface area contributed by atoms with E-state index in [-0.39, 0.29) is 16.6 Å². The third-order valence-corrected chi connectivity index (χ3v) is 5.29. The zero-order chi connectivity index (χ0) is 21.7. The maximum Gasteiger partial charge on any atom is 0.353 e. The second kappa shape index (κ2) is 9.42. The lowest BCUT2D eigenvalue weighted by Crippen LogP contribution is -2.43. The SMILES string of the molecule is COc1cccc(CC2SC(OC(=O)c3ccc(C(C)=O)cc3)=NN2C(=O)NN)c1. The smallest absolute Gasteiger partial charge is 0.353 e. The number of amides is 2. The van der Waals surface area contributed by atoms with Crippen molar-refractivity contribution in [1.82, 2.24) is 10.4 Å². The summed E-state index contributed by atoms with van der Waals surface area (Å²) in [6, 6.07) is 12.8. The van der Waals surface area contributed by atoms with Gasteiger partial charge in [-0.15, -0.1) is 5.10 Å². The van der Waals surface area contributed by atoms with E-state index in [2.05, 4.69) is 5.10 Å². The van der Waals surface area contributed by atoms with Gasteiger partial charge in [-0.25, -0.2) is 15.4 Å². The maximum absolute atomic E-state index is 12.4. The van der Waals surface area contributed by atoms with Gasteiger partial charge in [-0.05, 0) is 48.5 Å². The normalized spacial score (nSPS) is 15.4. The van der Waals surface area contributed by atoms with Crippen LogP contribution in [0.25, 0.3) is 0 Å². The number of ketones is 1. The number of hydrogen-bond donors (Lipinski definition) is 2. The number of nitrogens with two attached hydrogens (primary N) is 1. The van der Waals surface area contributed by atoms with Gasteiger partial charge in [0.05, 0.1) is 12.7 Å². The molecule has 0 fully saturated rings. The number of nitrogens with zero attached hydrogens (tertiary/aromatic N) is 2. The molecule has 9 nitrogen and oxygen atoms in total. The van der Waals surface area contributed by atoms with Crippen molar-refractivity contribution in [1.29, 1.82) is 0 Å². The van der Waals surface area contributed by atoms with Crippen molar-refractivity contribution in [2.75, 3.05) is 7.11 Å². The molecule has 0 saturated carbocycles. The predicted molar refractivity (Wildman–Crippen MR) is 112 cm³/mol. The zero-order valence-corrected chi connectivity index (χ0v) is 17.1. The van der Waals surface area contributed by atoms with Crippen LogP contribution >= 0.6 is 11.8 Å². The van der Waals surface area contributed by atoms with Crippen molar-refractivity contribution in [2.24, 2.45) is 10.9 Å². The first-order valence-electron chi connectivity index (χ1n) is 8.92. The summed E-state index contributed by atoms with van der Waals surface area (Å²) in [4.78, 5) is 35.9. The standard InChI is InChI=1S/C20H20N4O5S/c1-12(25)14-6-8-15(9-7-14)18(26)29-20-23-24(19(27)22-21)17(30-20)11-13-4-3-5-16(10-13)28-2/h3-10,17H,11,21H2,1-2H3,(H,22,27). The number of thioether (sulfide) groups is 1. The lowest BCUT2D eigenvalue weighted by atomic mass is 10.1. The number of Topliss-reactive ketones (excluding diaryl/α,β-unsaturated/α-hetero) is 1. The molecule has 1 heterocycles. The number of benzene rings is 2. The molecule has 3 N–H and O–H groups in total. The van der Waals surface area contributed by atoms with Crippen LogP contribution in [-0.2, 0) is 11.2 Å². The molecule has 156 valence electrons. The van der Waals surface area contributed by atoms with E-state index in [0.29, 0.717) is 17.7 Å². The number of ether oxygens (including phenoxy) is 2. The fourth-order valence-corrected chi connectivity index (χ4v) is 3.75. The molecule has 2 aromatic carbocycles. The number of carbonyl (C=O) groups excluding carboxylic acids is 3. The highest BCUT2D eigenvalue weighted by molar-refractivity contribution is 8.14. The summed E-state index contributed by atoms with van der Waals surface area (Å²) < 4.78 is 10.6. The molecule has 0 saturated heterocycles. The predicted octanol–water partition coefficient (Wildman–Crippen LogP) is 2.53. The van der Waals surface area contributed by atoms with Gasteiger partial charge in [0.1, 0.15) is 11.1 Å². The molecule has 2 aromatic rings. The van der Waals surface area contributed by atoms with Gasteiger partial charge in [0, 0.05) is 12.0 Å². The number of esters is 1. The molecular formula is C20H20N4O5S. The quantitative estimate of drug-likeness (QED) is 0.247. The zero-order valence-electron chi connectivity index (χ0n) is 16.3. The molecule has 0 spiro atoms. The summed E-state index contributed by atoms with van der Waals surface area (Å²) in [5.74, 6) is 5.19. The molecule has 0 bridgehead atoms. The Bertz CT molecular complexity index is 993. The Kier molecular flexibility index (Phi) is 6.70. The highest BCUT2D eigenvalue weighted by Gasteiger charge is 2.34. The van der Waals surface area contributed by atoms with Crippen LogP contribution in [0.2, 0.25) is 0 Å². The van der Waals surface area contributed by atoms with Gasteiger partial charge in [-0.1, -0.05) is 24.3 Å². The molecule has 10 heteroatoms. The van der Waals surface area contributed by atoms with Crippen molar-refractivity contribution in [2.45, 2.75) is 18.7 Å². The first kappa shape index (κ1) is 21.3. The van der Waals surface area contributed by atoms with E-state index >= 15 is 0 Å². The minimum absolute atomic E-state index is 0.0205. The van der Waals surface area contributed by atoms with E-state index in [1.165, 1.54) is 19.1 Å². The Hall–Kier alpha value is -3.37. The van der Waals surface area contributed by atoms with E-state index in [9.17, 15) is 14.4 Å². The van der Waals surface area contributed by atoms with Crippen LogP contribution in [0.1, 0.15) is 33.2 Å². The number of carbonyl (C=O) groups is 3. The Morgan fingerprint density at radius 2 is 1.87 bits per heavy atom. The summed E-state index contributed by atoms with van der Waals surface area (Å²) >= 11 is 1.12. The highest BCUT2D eigenvalue weighted by Crippen LogP contribution is 2.30. The Morgan fingerprint density at radius 1 is 1.17 bits per heavy atom. The van der Waals surface area contributed by atoms with Gasteiger partial charge in [-0.3, -0.25) is 10.2 Å². The van der Waals surface area contributed by atoms with Crippen LogP contribution in [0.5, 0.6) is 5.75 Å². The number of hydrazine groups is 1. The monoisotopic (exact) mass is 428 g/mol. The average Bonchev–Trinajstić information content (AvgIpc) is 3.15. The fraction of sp³-hybridized carbons (Fsp3) is 0.200. The summed E-state index contributed by atoms with van der Waals surface area (Å²) in [5, 5.41) is 4.76. The Morgan fingerprint density at radius 3 is 2.50 bits per heavy atom. The lowest BCUT2D eigenvalue weighted by molar-refractivity contribution is 0.0720. The minimum atomic E-state index is -0.647. The molecular weight excluding hydrogens is 408 g/mol. The van der Waals surface area contributed by atoms with Crippen LogP contribution in [0.3, 0.4) is 0 Å². The molecule has 30 heavy (non-hydrogen) atoms. The minimum Gasteiger partial charge on any atom is -0.497 e. The Labute approximate surface area is 177 Å². The molecule has 1 atom stereocenters. The average molecular weight is 428 g/mol. The number of nitrogens with one attached hydrogen (secondary N) is 1. The van der Waals surface area contributed by atoms with Crippen LogP contribution in [-0.4, -0.2) is 40.5 Å². The van der Waals surface area contributed by atoms with Crippen LogP contribution in [0.4, 0.5) is 4.79 Å². The molecule has 1 aliphatic rings. The summed E-state index contributed by atoms with van der Waals surface area (Å²) in [7, 11) is 1.57. The van der Waals surface area contributed by atoms with Gasteiger partial charge in [0.25, 0.3) is 5.23 Å². The van der Waals surface area contributed by atoms with Crippen LogP contribution in [0.15, 0.2) is 53.6 Å². The van der Waals surface area contributed by atoms with Crippen LogP contribution < -0.4 is 16.0 Å². The number of rotatable bonds is 5. The number of hydrogen-bond acceptors (Lipinski definition) is 8. The largest absolute Gasteiger partial charge is 0.497 e. The summed E-state index contributed by atoms with van der Waals surface area (Å²) in [6.07, 6.45) is 0.424. The van der Waals surface area contributed by atoms with Gasteiger partial charge >= 0.3 is 12.0 Å². The summed E-state index contributed by atoms with van der Waals surface area (Å²) in [6.45, 7) is 1.44. The van der Waals surface area contributed by atoms with E-state index in [1.54, 1.807) is 19.2 Å². The highest BCUT2D eigenvalue weighted by atomic mass is 32.2. The third kappa shape index (κ3) is 4.97. The molecule has 1 unspecified atom stereocenters. The lowest BCUT2D eigenvalue weighted by Gasteiger charge is -2.19. The number of hydrazone groups is 1. The molecule has 2 amide bonds. The van der Waals surface area contributed by atoms with E-state index in [1.807, 2.05) is 29.7 Å². The Balaban J connectivity index is 1.72. The van der Waals surface area contributed by atoms with Gasteiger partial charge < -0.3 is 9.47 Å². The third-order valence-electron chi connectivity index (χ3n) is 4.28. The number of methoxy groups -OCH3 is 1. The summed E-state index contributed by atoms with van der Waals surface area (Å²) in [5.41, 5.74) is 3.69. The van der Waals surface area contributed by atoms with Crippen molar-refractivity contribution in [3.05, 3.63) is 65.2 Å². The first-order valence-corrected chi connectivity index (χ1v) is 9.80.